The Bertz CT molecular complexity index is 929. The van der Waals surface area contributed by atoms with Gasteiger partial charge in [0.1, 0.15) is 0 Å². The number of aromatic nitrogens is 1. The molecule has 0 saturated heterocycles. The monoisotopic (exact) mass is 320 g/mol. The third-order valence-corrected chi connectivity index (χ3v) is 4.00. The van der Waals surface area contributed by atoms with E-state index in [-0.39, 0.29) is 17.5 Å². The molecule has 0 fully saturated rings. The SMILES string of the molecule is CC(=O)NC(C)Cn1cc(-c2ccccc2)c2ccccc2c1=O. The molecule has 122 valence electrons. The first-order valence-corrected chi connectivity index (χ1v) is 8.01. The van der Waals surface area contributed by atoms with Crippen molar-refractivity contribution in [3.05, 3.63) is 71.1 Å². The summed E-state index contributed by atoms with van der Waals surface area (Å²) in [6, 6.07) is 17.5. The van der Waals surface area contributed by atoms with Gasteiger partial charge in [0.2, 0.25) is 5.91 Å². The zero-order chi connectivity index (χ0) is 17.1. The van der Waals surface area contributed by atoms with E-state index in [1.54, 1.807) is 4.57 Å². The fraction of sp³-hybridized carbons (Fsp3) is 0.200. The highest BCUT2D eigenvalue weighted by molar-refractivity contribution is 5.95. The van der Waals surface area contributed by atoms with E-state index in [0.717, 1.165) is 16.5 Å². The van der Waals surface area contributed by atoms with Crippen LogP contribution in [-0.2, 0) is 11.3 Å². The Morgan fingerprint density at radius 1 is 1.04 bits per heavy atom. The zero-order valence-corrected chi connectivity index (χ0v) is 13.8. The van der Waals surface area contributed by atoms with Crippen molar-refractivity contribution in [2.75, 3.05) is 0 Å². The van der Waals surface area contributed by atoms with Crippen molar-refractivity contribution in [2.45, 2.75) is 26.4 Å². The van der Waals surface area contributed by atoms with Crippen molar-refractivity contribution in [1.82, 2.24) is 9.88 Å². The van der Waals surface area contributed by atoms with Crippen molar-refractivity contribution < 1.29 is 4.79 Å². The van der Waals surface area contributed by atoms with E-state index in [2.05, 4.69) is 5.32 Å². The number of carbonyl (C=O) groups is 1. The van der Waals surface area contributed by atoms with Gasteiger partial charge in [0.15, 0.2) is 0 Å². The topological polar surface area (TPSA) is 51.1 Å². The standard InChI is InChI=1S/C20H20N2O2/c1-14(21-15(2)23)12-22-13-19(16-8-4-3-5-9-16)17-10-6-7-11-18(17)20(22)24/h3-11,13-14H,12H2,1-2H3,(H,21,23). The Labute approximate surface area is 140 Å². The van der Waals surface area contributed by atoms with Crippen LogP contribution in [0, 0.1) is 0 Å². The third-order valence-electron chi connectivity index (χ3n) is 4.00. The normalized spacial score (nSPS) is 12.1. The van der Waals surface area contributed by atoms with E-state index in [0.29, 0.717) is 11.9 Å². The molecule has 24 heavy (non-hydrogen) atoms. The van der Waals surface area contributed by atoms with E-state index in [1.165, 1.54) is 6.92 Å². The number of nitrogens with zero attached hydrogens (tertiary/aromatic N) is 1. The average molecular weight is 320 g/mol. The fourth-order valence-corrected chi connectivity index (χ4v) is 3.01. The first-order valence-electron chi connectivity index (χ1n) is 8.01. The lowest BCUT2D eigenvalue weighted by Gasteiger charge is -2.17. The minimum Gasteiger partial charge on any atom is -0.352 e. The molecule has 0 spiro atoms. The Morgan fingerprint density at radius 2 is 1.67 bits per heavy atom. The Balaban J connectivity index is 2.15. The number of benzene rings is 2. The number of carbonyl (C=O) groups excluding carboxylic acids is 1. The molecular weight excluding hydrogens is 300 g/mol. The van der Waals surface area contributed by atoms with E-state index in [9.17, 15) is 9.59 Å². The van der Waals surface area contributed by atoms with Gasteiger partial charge in [-0.1, -0.05) is 48.5 Å². The number of nitrogens with one attached hydrogen (secondary N) is 1. The summed E-state index contributed by atoms with van der Waals surface area (Å²) in [7, 11) is 0. The lowest BCUT2D eigenvalue weighted by atomic mass is 10.0. The van der Waals surface area contributed by atoms with Gasteiger partial charge in [-0.05, 0) is 23.9 Å². The first-order chi connectivity index (χ1) is 11.6. The van der Waals surface area contributed by atoms with E-state index in [1.807, 2.05) is 67.7 Å². The van der Waals surface area contributed by atoms with Gasteiger partial charge in [-0.3, -0.25) is 9.59 Å². The van der Waals surface area contributed by atoms with Gasteiger partial charge < -0.3 is 9.88 Å². The predicted molar refractivity (Wildman–Crippen MR) is 96.9 cm³/mol. The van der Waals surface area contributed by atoms with E-state index >= 15 is 0 Å². The van der Waals surface area contributed by atoms with Crippen LogP contribution < -0.4 is 10.9 Å². The summed E-state index contributed by atoms with van der Waals surface area (Å²) in [5.74, 6) is -0.0976. The lowest BCUT2D eigenvalue weighted by Crippen LogP contribution is -2.36. The summed E-state index contributed by atoms with van der Waals surface area (Å²) >= 11 is 0. The zero-order valence-electron chi connectivity index (χ0n) is 13.8. The second kappa shape index (κ2) is 6.71. The highest BCUT2D eigenvalue weighted by atomic mass is 16.1. The molecule has 1 aromatic heterocycles. The fourth-order valence-electron chi connectivity index (χ4n) is 3.01. The number of pyridine rings is 1. The van der Waals surface area contributed by atoms with Crippen molar-refractivity contribution in [1.29, 1.82) is 0 Å². The van der Waals surface area contributed by atoms with Crippen molar-refractivity contribution in [2.24, 2.45) is 0 Å². The Hall–Kier alpha value is -2.88. The van der Waals surface area contributed by atoms with Gasteiger partial charge in [-0.15, -0.1) is 0 Å². The third kappa shape index (κ3) is 3.23. The molecule has 4 nitrogen and oxygen atoms in total. The molecule has 1 heterocycles. The summed E-state index contributed by atoms with van der Waals surface area (Å²) in [6.45, 7) is 3.81. The number of hydrogen-bond donors (Lipinski definition) is 1. The van der Waals surface area contributed by atoms with Crippen LogP contribution in [0.1, 0.15) is 13.8 Å². The second-order valence-electron chi connectivity index (χ2n) is 6.01. The maximum Gasteiger partial charge on any atom is 0.258 e. The van der Waals surface area contributed by atoms with Gasteiger partial charge in [0.05, 0.1) is 0 Å². The summed E-state index contributed by atoms with van der Waals surface area (Å²) in [6.07, 6.45) is 1.89. The molecule has 1 N–H and O–H groups in total. The number of amides is 1. The Kier molecular flexibility index (Phi) is 4.47. The summed E-state index contributed by atoms with van der Waals surface area (Å²) < 4.78 is 1.69. The smallest absolute Gasteiger partial charge is 0.258 e. The predicted octanol–water partition coefficient (Wildman–Crippen LogP) is 3.19. The molecule has 4 heteroatoms. The molecule has 1 atom stereocenters. The molecule has 0 aliphatic rings. The van der Waals surface area contributed by atoms with Crippen LogP contribution in [0.2, 0.25) is 0 Å². The van der Waals surface area contributed by atoms with Crippen molar-refractivity contribution in [3.63, 3.8) is 0 Å². The van der Waals surface area contributed by atoms with Gasteiger partial charge in [0.25, 0.3) is 5.56 Å². The summed E-state index contributed by atoms with van der Waals surface area (Å²) in [5.41, 5.74) is 2.04. The highest BCUT2D eigenvalue weighted by Gasteiger charge is 2.12. The van der Waals surface area contributed by atoms with E-state index < -0.39 is 0 Å². The number of fused-ring (bicyclic) bond motifs is 1. The molecule has 3 rings (SSSR count). The van der Waals surface area contributed by atoms with Gasteiger partial charge >= 0.3 is 0 Å². The van der Waals surface area contributed by atoms with Gasteiger partial charge in [-0.25, -0.2) is 0 Å². The van der Waals surface area contributed by atoms with Crippen LogP contribution >= 0.6 is 0 Å². The second-order valence-corrected chi connectivity index (χ2v) is 6.01. The lowest BCUT2D eigenvalue weighted by molar-refractivity contribution is -0.119. The molecule has 0 aliphatic carbocycles. The Morgan fingerprint density at radius 3 is 2.33 bits per heavy atom. The molecule has 1 unspecified atom stereocenters. The van der Waals surface area contributed by atoms with E-state index in [4.69, 9.17) is 0 Å². The van der Waals surface area contributed by atoms with Gasteiger partial charge in [0, 0.05) is 36.7 Å². The maximum absolute atomic E-state index is 12.8. The number of hydrogen-bond acceptors (Lipinski definition) is 2. The van der Waals surface area contributed by atoms with Crippen molar-refractivity contribution in [3.8, 4) is 11.1 Å². The van der Waals surface area contributed by atoms with Crippen LogP contribution in [0.5, 0.6) is 0 Å². The molecule has 2 aromatic carbocycles. The molecule has 0 aliphatic heterocycles. The van der Waals surface area contributed by atoms with Crippen LogP contribution in [0.3, 0.4) is 0 Å². The molecule has 3 aromatic rings. The van der Waals surface area contributed by atoms with Crippen LogP contribution in [0.25, 0.3) is 21.9 Å². The first kappa shape index (κ1) is 16.0. The maximum atomic E-state index is 12.8. The summed E-state index contributed by atoms with van der Waals surface area (Å²) in [4.78, 5) is 24.0. The van der Waals surface area contributed by atoms with Crippen molar-refractivity contribution >= 4 is 16.7 Å². The largest absolute Gasteiger partial charge is 0.352 e. The molecule has 0 radical (unpaired) electrons. The summed E-state index contributed by atoms with van der Waals surface area (Å²) in [5, 5.41) is 4.46. The van der Waals surface area contributed by atoms with Crippen LogP contribution in [0.15, 0.2) is 65.6 Å². The highest BCUT2D eigenvalue weighted by Crippen LogP contribution is 2.26. The van der Waals surface area contributed by atoms with Crippen LogP contribution in [-0.4, -0.2) is 16.5 Å². The quantitative estimate of drug-likeness (QED) is 0.802. The molecule has 0 saturated carbocycles. The van der Waals surface area contributed by atoms with Gasteiger partial charge in [-0.2, -0.15) is 0 Å². The molecule has 0 bridgehead atoms. The minimum atomic E-state index is -0.120. The average Bonchev–Trinajstić information content (AvgIpc) is 2.57. The molecule has 1 amide bonds. The molecular formula is C20H20N2O2. The number of rotatable bonds is 4. The minimum absolute atomic E-state index is 0.0394. The van der Waals surface area contributed by atoms with Crippen LogP contribution in [0.4, 0.5) is 0 Å².